The van der Waals surface area contributed by atoms with E-state index in [0.29, 0.717) is 34.7 Å². The van der Waals surface area contributed by atoms with Gasteiger partial charge in [0.2, 0.25) is 0 Å². The first-order valence-electron chi connectivity index (χ1n) is 14.1. The van der Waals surface area contributed by atoms with Gasteiger partial charge in [-0.2, -0.15) is 0 Å². The molecular weight excluding hydrogens is 572 g/mol. The van der Waals surface area contributed by atoms with Gasteiger partial charge in [0.1, 0.15) is 28.9 Å². The molecule has 0 saturated carbocycles. The molecule has 0 fully saturated rings. The van der Waals surface area contributed by atoms with Crippen molar-refractivity contribution < 1.29 is 23.2 Å². The highest BCUT2D eigenvalue weighted by Crippen LogP contribution is 2.38. The molecule has 0 aliphatic carbocycles. The van der Waals surface area contributed by atoms with E-state index in [9.17, 15) is 4.79 Å². The Hall–Kier alpha value is -2.95. The molecule has 9 nitrogen and oxygen atoms in total. The molecule has 230 valence electrons. The van der Waals surface area contributed by atoms with Gasteiger partial charge in [-0.3, -0.25) is 0 Å². The number of ether oxygens (including phenoxy) is 2. The average Bonchev–Trinajstić information content (AvgIpc) is 3.20. The average molecular weight is 617 g/mol. The van der Waals surface area contributed by atoms with Crippen molar-refractivity contribution in [2.45, 2.75) is 92.2 Å². The molecule has 0 aliphatic rings. The molecule has 0 N–H and O–H groups in total. The van der Waals surface area contributed by atoms with E-state index in [1.807, 2.05) is 65.8 Å². The van der Waals surface area contributed by atoms with Crippen LogP contribution in [0.5, 0.6) is 5.75 Å². The van der Waals surface area contributed by atoms with Crippen LogP contribution in [-0.2, 0) is 9.16 Å². The summed E-state index contributed by atoms with van der Waals surface area (Å²) in [4.78, 5) is 23.6. The monoisotopic (exact) mass is 616 g/mol. The minimum absolute atomic E-state index is 0.0172. The molecule has 2 heterocycles. The number of amides is 1. The lowest BCUT2D eigenvalue weighted by Crippen LogP contribution is -2.49. The van der Waals surface area contributed by atoms with Crippen LogP contribution < -0.4 is 4.74 Å². The molecule has 0 spiro atoms. The van der Waals surface area contributed by atoms with Crippen LogP contribution >= 0.6 is 11.6 Å². The first kappa shape index (κ1) is 33.5. The summed E-state index contributed by atoms with van der Waals surface area (Å²) in [6, 6.07) is 7.54. The van der Waals surface area contributed by atoms with Gasteiger partial charge in [-0.25, -0.2) is 14.8 Å². The Balaban J connectivity index is 1.87. The molecule has 0 saturated heterocycles. The highest BCUT2D eigenvalue weighted by Gasteiger charge is 2.40. The molecule has 3 aromatic rings. The summed E-state index contributed by atoms with van der Waals surface area (Å²) in [6.45, 7) is 22.6. The predicted octanol–water partition coefficient (Wildman–Crippen LogP) is 8.01. The van der Waals surface area contributed by atoms with E-state index in [1.165, 1.54) is 0 Å². The van der Waals surface area contributed by atoms with Crippen molar-refractivity contribution in [2.75, 3.05) is 20.2 Å². The lowest BCUT2D eigenvalue weighted by molar-refractivity contribution is 0.0172. The Morgan fingerprint density at radius 1 is 1.10 bits per heavy atom. The fourth-order valence-corrected chi connectivity index (χ4v) is 5.53. The van der Waals surface area contributed by atoms with E-state index in [-0.39, 0.29) is 17.7 Å². The summed E-state index contributed by atoms with van der Waals surface area (Å²) >= 11 is 6.56. The number of likely N-dealkylation sites (N-methyl/N-ethyl adjacent to an activating group) is 1. The second kappa shape index (κ2) is 12.7. The summed E-state index contributed by atoms with van der Waals surface area (Å²) < 4.78 is 23.9. The van der Waals surface area contributed by atoms with Gasteiger partial charge in [-0.15, -0.1) is 0 Å². The summed E-state index contributed by atoms with van der Waals surface area (Å²) in [6.07, 6.45) is -0.779. The van der Waals surface area contributed by atoms with Crippen LogP contribution in [0, 0.1) is 20.8 Å². The number of hydrogen-bond donors (Lipinski definition) is 0. The van der Waals surface area contributed by atoms with Crippen LogP contribution in [0.15, 0.2) is 28.8 Å². The van der Waals surface area contributed by atoms with E-state index < -0.39 is 20.0 Å². The SMILES string of the molecule is Cc1noc(C)c1-c1nc(-c2cccc(OC[C@@H](CN(C)C(=O)OC(C)(C)C)O[Si](C)(C)C(C)(C)C)c2)nc(Cl)c1C. The zero-order chi connectivity index (χ0) is 31.6. The molecule has 1 amide bonds. The van der Waals surface area contributed by atoms with Crippen molar-refractivity contribution in [2.24, 2.45) is 0 Å². The smallest absolute Gasteiger partial charge is 0.410 e. The van der Waals surface area contributed by atoms with Crippen LogP contribution in [0.25, 0.3) is 22.6 Å². The van der Waals surface area contributed by atoms with Crippen LogP contribution in [0.3, 0.4) is 0 Å². The second-order valence-electron chi connectivity index (χ2n) is 13.2. The number of benzene rings is 1. The van der Waals surface area contributed by atoms with Crippen molar-refractivity contribution in [3.8, 4) is 28.4 Å². The highest BCUT2D eigenvalue weighted by molar-refractivity contribution is 6.74. The fourth-order valence-electron chi connectivity index (χ4n) is 4.03. The quantitative estimate of drug-likeness (QED) is 0.176. The molecular formula is C31H45ClN4O5Si. The number of nitrogens with zero attached hydrogens (tertiary/aromatic N) is 4. The van der Waals surface area contributed by atoms with Gasteiger partial charge in [-0.1, -0.05) is 49.7 Å². The van der Waals surface area contributed by atoms with Gasteiger partial charge >= 0.3 is 6.09 Å². The largest absolute Gasteiger partial charge is 0.491 e. The van der Waals surface area contributed by atoms with Crippen molar-refractivity contribution in [1.82, 2.24) is 20.0 Å². The molecule has 11 heteroatoms. The van der Waals surface area contributed by atoms with Crippen LogP contribution in [0.1, 0.15) is 58.6 Å². The van der Waals surface area contributed by atoms with Crippen molar-refractivity contribution in [3.63, 3.8) is 0 Å². The van der Waals surface area contributed by atoms with Crippen molar-refractivity contribution >= 4 is 26.0 Å². The zero-order valence-electron chi connectivity index (χ0n) is 27.0. The zero-order valence-corrected chi connectivity index (χ0v) is 28.8. The number of carbonyl (C=O) groups excluding carboxylic acids is 1. The highest BCUT2D eigenvalue weighted by atomic mass is 35.5. The third kappa shape index (κ3) is 8.32. The van der Waals surface area contributed by atoms with Crippen LogP contribution in [0.4, 0.5) is 4.79 Å². The number of hydrogen-bond acceptors (Lipinski definition) is 8. The van der Waals surface area contributed by atoms with E-state index >= 15 is 0 Å². The number of halogens is 1. The summed E-state index contributed by atoms with van der Waals surface area (Å²) in [5.74, 6) is 1.75. The Morgan fingerprint density at radius 2 is 1.76 bits per heavy atom. The summed E-state index contributed by atoms with van der Waals surface area (Å²) in [5.41, 5.74) is 3.13. The Labute approximate surface area is 256 Å². The third-order valence-electron chi connectivity index (χ3n) is 7.33. The molecule has 42 heavy (non-hydrogen) atoms. The van der Waals surface area contributed by atoms with Gasteiger partial charge in [-0.05, 0) is 71.8 Å². The van der Waals surface area contributed by atoms with E-state index in [2.05, 4.69) is 44.0 Å². The van der Waals surface area contributed by atoms with Crippen molar-refractivity contribution in [1.29, 1.82) is 0 Å². The Kier molecular flexibility index (Phi) is 10.2. The molecule has 3 rings (SSSR count). The number of rotatable bonds is 9. The van der Waals surface area contributed by atoms with Gasteiger partial charge in [0, 0.05) is 18.2 Å². The van der Waals surface area contributed by atoms with E-state index in [4.69, 9.17) is 35.0 Å². The van der Waals surface area contributed by atoms with E-state index in [0.717, 1.165) is 22.4 Å². The molecule has 1 atom stereocenters. The second-order valence-corrected chi connectivity index (χ2v) is 18.3. The number of carbonyl (C=O) groups is 1. The van der Waals surface area contributed by atoms with Crippen LogP contribution in [-0.4, -0.2) is 66.3 Å². The lowest BCUT2D eigenvalue weighted by atomic mass is 10.1. The van der Waals surface area contributed by atoms with Gasteiger partial charge in [0.05, 0.1) is 29.6 Å². The minimum atomic E-state index is -2.18. The Morgan fingerprint density at radius 3 is 2.33 bits per heavy atom. The van der Waals surface area contributed by atoms with Crippen molar-refractivity contribution in [3.05, 3.63) is 46.4 Å². The van der Waals surface area contributed by atoms with Gasteiger partial charge in [0.15, 0.2) is 14.1 Å². The normalized spacial score (nSPS) is 13.2. The van der Waals surface area contributed by atoms with Crippen LogP contribution in [0.2, 0.25) is 23.3 Å². The minimum Gasteiger partial charge on any atom is -0.491 e. The Bertz CT molecular complexity index is 1390. The maximum atomic E-state index is 12.7. The first-order valence-corrected chi connectivity index (χ1v) is 17.4. The van der Waals surface area contributed by atoms with E-state index in [1.54, 1.807) is 11.9 Å². The fraction of sp³-hybridized carbons (Fsp3) is 0.548. The molecule has 0 bridgehead atoms. The number of aromatic nitrogens is 3. The standard InChI is InChI=1S/C31H45ClN4O5Si/c1-19-26(25-20(2)35-40-21(25)3)33-28(34-27(19)32)22-14-13-15-23(16-22)38-18-24(41-42(11,12)31(7,8)9)17-36(10)29(37)39-30(4,5)6/h13-16,24H,17-18H2,1-12H3/t24-/m1/s1. The van der Waals surface area contributed by atoms with Gasteiger partial charge in [0.25, 0.3) is 0 Å². The van der Waals surface area contributed by atoms with Gasteiger partial charge < -0.3 is 23.3 Å². The number of aryl methyl sites for hydroxylation is 2. The maximum absolute atomic E-state index is 12.7. The summed E-state index contributed by atoms with van der Waals surface area (Å²) in [5, 5.41) is 4.41. The molecule has 1 aromatic carbocycles. The lowest BCUT2D eigenvalue weighted by Gasteiger charge is -2.40. The molecule has 0 radical (unpaired) electrons. The molecule has 2 aromatic heterocycles. The first-order chi connectivity index (χ1) is 19.3. The summed E-state index contributed by atoms with van der Waals surface area (Å²) in [7, 11) is -0.464. The molecule has 0 unspecified atom stereocenters. The third-order valence-corrected chi connectivity index (χ3v) is 12.2. The molecule has 0 aliphatic heterocycles. The topological polar surface area (TPSA) is 99.8 Å². The predicted molar refractivity (Wildman–Crippen MR) is 169 cm³/mol. The maximum Gasteiger partial charge on any atom is 0.410 e.